The molecule has 1 aromatic rings. The molecule has 0 saturated heterocycles. The van der Waals surface area contributed by atoms with Gasteiger partial charge in [-0.25, -0.2) is 0 Å². The Morgan fingerprint density at radius 2 is 1.92 bits per heavy atom. The number of alkyl halides is 2. The number of rotatable bonds is 2. The highest BCUT2D eigenvalue weighted by Crippen LogP contribution is 2.24. The van der Waals surface area contributed by atoms with Crippen molar-refractivity contribution in [3.05, 3.63) is 35.4 Å². The minimum absolute atomic E-state index is 0.126. The van der Waals surface area contributed by atoms with Crippen molar-refractivity contribution >= 4 is 0 Å². The highest BCUT2D eigenvalue weighted by molar-refractivity contribution is 5.28. The van der Waals surface area contributed by atoms with Gasteiger partial charge >= 0.3 is 6.05 Å². The molecule has 3 heteroatoms. The van der Waals surface area contributed by atoms with E-state index in [1.54, 1.807) is 6.07 Å². The first-order valence-electron chi connectivity index (χ1n) is 4.18. The predicted octanol–water partition coefficient (Wildman–Crippen LogP) is 2.82. The minimum Gasteiger partial charge on any atom is -0.268 e. The van der Waals surface area contributed by atoms with Crippen LogP contribution in [0.15, 0.2) is 24.3 Å². The van der Waals surface area contributed by atoms with Crippen molar-refractivity contribution in [1.29, 1.82) is 0 Å². The second-order valence-corrected chi connectivity index (χ2v) is 3.40. The van der Waals surface area contributed by atoms with Crippen LogP contribution in [-0.4, -0.2) is 0 Å². The van der Waals surface area contributed by atoms with Crippen LogP contribution in [-0.2, 0) is 6.05 Å². The summed E-state index contributed by atoms with van der Waals surface area (Å²) >= 11 is 0. The molecule has 0 heterocycles. The fourth-order valence-corrected chi connectivity index (χ4v) is 1.11. The van der Waals surface area contributed by atoms with Gasteiger partial charge in [0, 0.05) is 5.56 Å². The van der Waals surface area contributed by atoms with Crippen LogP contribution >= 0.6 is 0 Å². The molecule has 0 spiro atoms. The molecule has 0 bridgehead atoms. The Balaban J connectivity index is 3.06. The van der Waals surface area contributed by atoms with E-state index in [0.29, 0.717) is 0 Å². The fraction of sp³-hybridized carbons (Fsp3) is 0.400. The van der Waals surface area contributed by atoms with Gasteiger partial charge in [-0.05, 0) is 17.5 Å². The standard InChI is InChI=1S/C10H13F2N/c1-7(2)8-4-3-5-9(6-8)10(11,12)13/h3-7H,13H2,1-2H3. The van der Waals surface area contributed by atoms with Crippen molar-refractivity contribution in [2.24, 2.45) is 5.73 Å². The highest BCUT2D eigenvalue weighted by Gasteiger charge is 2.25. The Bertz CT molecular complexity index is 289. The normalized spacial score (nSPS) is 12.2. The van der Waals surface area contributed by atoms with Crippen LogP contribution < -0.4 is 5.73 Å². The molecular weight excluding hydrogens is 172 g/mol. The Kier molecular flexibility index (Phi) is 2.66. The Hall–Kier alpha value is -0.960. The fourth-order valence-electron chi connectivity index (χ4n) is 1.11. The third kappa shape index (κ3) is 2.49. The molecule has 0 aliphatic heterocycles. The minimum atomic E-state index is -3.23. The van der Waals surface area contributed by atoms with Crippen molar-refractivity contribution in [3.8, 4) is 0 Å². The first-order valence-corrected chi connectivity index (χ1v) is 4.18. The van der Waals surface area contributed by atoms with Gasteiger partial charge in [-0.15, -0.1) is 0 Å². The topological polar surface area (TPSA) is 26.0 Å². The van der Waals surface area contributed by atoms with Gasteiger partial charge in [0.15, 0.2) is 0 Å². The van der Waals surface area contributed by atoms with Crippen molar-refractivity contribution < 1.29 is 8.78 Å². The zero-order valence-electron chi connectivity index (χ0n) is 7.72. The lowest BCUT2D eigenvalue weighted by molar-refractivity contribution is 0.00290. The van der Waals surface area contributed by atoms with Gasteiger partial charge in [0.2, 0.25) is 0 Å². The van der Waals surface area contributed by atoms with E-state index in [2.05, 4.69) is 0 Å². The van der Waals surface area contributed by atoms with Gasteiger partial charge < -0.3 is 0 Å². The lowest BCUT2D eigenvalue weighted by atomic mass is 10.0. The molecule has 1 nitrogen and oxygen atoms in total. The van der Waals surface area contributed by atoms with E-state index in [1.165, 1.54) is 12.1 Å². The summed E-state index contributed by atoms with van der Waals surface area (Å²) in [4.78, 5) is 0. The average Bonchev–Trinajstić information content (AvgIpc) is 2.03. The molecular formula is C10H13F2N. The van der Waals surface area contributed by atoms with Gasteiger partial charge in [-0.1, -0.05) is 32.0 Å². The molecule has 0 aliphatic carbocycles. The Morgan fingerprint density at radius 1 is 1.31 bits per heavy atom. The quantitative estimate of drug-likeness (QED) is 0.704. The summed E-state index contributed by atoms with van der Waals surface area (Å²) in [7, 11) is 0. The molecule has 0 aromatic heterocycles. The average molecular weight is 185 g/mol. The third-order valence-electron chi connectivity index (χ3n) is 1.94. The number of benzene rings is 1. The number of hydrogen-bond acceptors (Lipinski definition) is 1. The maximum Gasteiger partial charge on any atom is 0.326 e. The molecule has 0 aliphatic rings. The number of halogens is 2. The van der Waals surface area contributed by atoms with Gasteiger partial charge in [-0.3, -0.25) is 5.73 Å². The largest absolute Gasteiger partial charge is 0.326 e. The Labute approximate surface area is 76.6 Å². The summed E-state index contributed by atoms with van der Waals surface area (Å²) < 4.78 is 25.4. The molecule has 0 amide bonds. The van der Waals surface area contributed by atoms with Crippen molar-refractivity contribution in [2.75, 3.05) is 0 Å². The van der Waals surface area contributed by atoms with Gasteiger partial charge in [-0.2, -0.15) is 8.78 Å². The van der Waals surface area contributed by atoms with E-state index in [4.69, 9.17) is 5.73 Å². The molecule has 72 valence electrons. The van der Waals surface area contributed by atoms with E-state index in [9.17, 15) is 8.78 Å². The second-order valence-electron chi connectivity index (χ2n) is 3.40. The molecule has 1 rings (SSSR count). The summed E-state index contributed by atoms with van der Waals surface area (Å²) in [6, 6.07) is 2.98. The first kappa shape index (κ1) is 10.1. The Morgan fingerprint density at radius 3 is 2.38 bits per heavy atom. The highest BCUT2D eigenvalue weighted by atomic mass is 19.3. The number of hydrogen-bond donors (Lipinski definition) is 1. The molecule has 1 aromatic carbocycles. The van der Waals surface area contributed by atoms with E-state index in [1.807, 2.05) is 19.9 Å². The molecule has 2 N–H and O–H groups in total. The zero-order valence-corrected chi connectivity index (χ0v) is 7.72. The summed E-state index contributed by atoms with van der Waals surface area (Å²) in [6.45, 7) is 3.90. The smallest absolute Gasteiger partial charge is 0.268 e. The molecule has 0 fully saturated rings. The third-order valence-corrected chi connectivity index (χ3v) is 1.94. The summed E-state index contributed by atoms with van der Waals surface area (Å²) in [5.41, 5.74) is 5.44. The van der Waals surface area contributed by atoms with E-state index < -0.39 is 6.05 Å². The van der Waals surface area contributed by atoms with E-state index in [0.717, 1.165) is 5.56 Å². The zero-order chi connectivity index (χ0) is 10.1. The molecule has 0 radical (unpaired) electrons. The van der Waals surface area contributed by atoms with Crippen LogP contribution in [0.1, 0.15) is 30.9 Å². The summed E-state index contributed by atoms with van der Waals surface area (Å²) in [5, 5.41) is 0. The van der Waals surface area contributed by atoms with Crippen LogP contribution in [0.25, 0.3) is 0 Å². The lowest BCUT2D eigenvalue weighted by Crippen LogP contribution is -2.25. The second kappa shape index (κ2) is 3.42. The number of nitrogens with two attached hydrogens (primary N) is 1. The van der Waals surface area contributed by atoms with Crippen LogP contribution in [0.3, 0.4) is 0 Å². The van der Waals surface area contributed by atoms with Gasteiger partial charge in [0.1, 0.15) is 0 Å². The molecule has 0 atom stereocenters. The molecule has 0 saturated carbocycles. The van der Waals surface area contributed by atoms with Gasteiger partial charge in [0.25, 0.3) is 0 Å². The van der Waals surface area contributed by atoms with Crippen LogP contribution in [0.4, 0.5) is 8.78 Å². The first-order chi connectivity index (χ1) is 5.91. The van der Waals surface area contributed by atoms with Crippen molar-refractivity contribution in [2.45, 2.75) is 25.8 Å². The molecule has 13 heavy (non-hydrogen) atoms. The van der Waals surface area contributed by atoms with Gasteiger partial charge in [0.05, 0.1) is 0 Å². The SMILES string of the molecule is CC(C)c1cccc(C(N)(F)F)c1. The maximum absolute atomic E-state index is 12.7. The van der Waals surface area contributed by atoms with Crippen LogP contribution in [0.5, 0.6) is 0 Å². The van der Waals surface area contributed by atoms with E-state index in [-0.39, 0.29) is 11.5 Å². The van der Waals surface area contributed by atoms with E-state index >= 15 is 0 Å². The van der Waals surface area contributed by atoms with Crippen LogP contribution in [0.2, 0.25) is 0 Å². The van der Waals surface area contributed by atoms with Crippen molar-refractivity contribution in [1.82, 2.24) is 0 Å². The van der Waals surface area contributed by atoms with Crippen molar-refractivity contribution in [3.63, 3.8) is 0 Å². The van der Waals surface area contributed by atoms with Crippen LogP contribution in [0, 0.1) is 0 Å². The summed E-state index contributed by atoms with van der Waals surface area (Å²) in [5.74, 6) is 0.238. The maximum atomic E-state index is 12.7. The monoisotopic (exact) mass is 185 g/mol. The molecule has 0 unspecified atom stereocenters. The lowest BCUT2D eigenvalue weighted by Gasteiger charge is -2.12. The predicted molar refractivity (Wildman–Crippen MR) is 48.6 cm³/mol. The summed E-state index contributed by atoms with van der Waals surface area (Å²) in [6.07, 6.45) is 0.